The Morgan fingerprint density at radius 2 is 2.10 bits per heavy atom. The molecule has 2 heterocycles. The lowest BCUT2D eigenvalue weighted by Gasteiger charge is -2.20. The van der Waals surface area contributed by atoms with Gasteiger partial charge in [0.2, 0.25) is 0 Å². The van der Waals surface area contributed by atoms with Crippen molar-refractivity contribution in [1.29, 1.82) is 0 Å². The molecule has 1 fully saturated rings. The Kier molecular flexibility index (Phi) is 5.07. The van der Waals surface area contributed by atoms with E-state index in [0.29, 0.717) is 4.91 Å². The van der Waals surface area contributed by atoms with Crippen LogP contribution >= 0.6 is 11.8 Å². The van der Waals surface area contributed by atoms with Gasteiger partial charge >= 0.3 is 0 Å². The Morgan fingerprint density at radius 1 is 1.33 bits per heavy atom. The average Bonchev–Trinajstić information content (AvgIpc) is 2.98. The van der Waals surface area contributed by atoms with Gasteiger partial charge in [0.25, 0.3) is 5.91 Å². The molecule has 1 saturated heterocycles. The van der Waals surface area contributed by atoms with Crippen LogP contribution in [0.4, 0.5) is 0 Å². The number of furan rings is 1. The summed E-state index contributed by atoms with van der Waals surface area (Å²) in [5.41, 5.74) is 0. The van der Waals surface area contributed by atoms with Crippen molar-refractivity contribution in [3.63, 3.8) is 0 Å². The number of nitrogens with zero attached hydrogens (tertiary/aromatic N) is 2. The third-order valence-corrected chi connectivity index (χ3v) is 3.79. The Bertz CT molecular complexity index is 583. The van der Waals surface area contributed by atoms with Crippen molar-refractivity contribution in [2.75, 3.05) is 0 Å². The Balaban J connectivity index is 2.20. The van der Waals surface area contributed by atoms with Crippen molar-refractivity contribution < 1.29 is 9.21 Å². The van der Waals surface area contributed by atoms with E-state index >= 15 is 0 Å². The minimum absolute atomic E-state index is 0.0125. The van der Waals surface area contributed by atoms with Crippen LogP contribution in [0, 0.1) is 0 Å². The number of aliphatic imine (C=N–C) groups is 1. The van der Waals surface area contributed by atoms with E-state index in [0.717, 1.165) is 10.9 Å². The number of allylic oxidation sites excluding steroid dienone is 2. The quantitative estimate of drug-likeness (QED) is 0.792. The van der Waals surface area contributed by atoms with Crippen LogP contribution < -0.4 is 0 Å². The average molecular weight is 304 g/mol. The number of rotatable bonds is 4. The van der Waals surface area contributed by atoms with Crippen molar-refractivity contribution in [2.45, 2.75) is 39.8 Å². The maximum Gasteiger partial charge on any atom is 0.266 e. The van der Waals surface area contributed by atoms with Crippen molar-refractivity contribution in [3.8, 4) is 0 Å². The van der Waals surface area contributed by atoms with Gasteiger partial charge in [-0.2, -0.15) is 0 Å². The van der Waals surface area contributed by atoms with Gasteiger partial charge in [-0.1, -0.05) is 6.08 Å². The molecule has 0 radical (unpaired) electrons. The minimum Gasteiger partial charge on any atom is -0.465 e. The third-order valence-electron chi connectivity index (χ3n) is 2.77. The summed E-state index contributed by atoms with van der Waals surface area (Å²) < 4.78 is 5.22. The molecule has 0 bridgehead atoms. The molecule has 2 rings (SSSR count). The van der Waals surface area contributed by atoms with Gasteiger partial charge < -0.3 is 4.42 Å². The predicted octanol–water partition coefficient (Wildman–Crippen LogP) is 3.92. The molecule has 1 amide bonds. The second-order valence-corrected chi connectivity index (χ2v) is 6.29. The Labute approximate surface area is 129 Å². The molecule has 0 saturated carbocycles. The summed E-state index contributed by atoms with van der Waals surface area (Å²) in [4.78, 5) is 19.4. The van der Waals surface area contributed by atoms with Gasteiger partial charge in [0, 0.05) is 12.1 Å². The van der Waals surface area contributed by atoms with E-state index in [1.54, 1.807) is 11.2 Å². The highest BCUT2D eigenvalue weighted by Gasteiger charge is 2.34. The van der Waals surface area contributed by atoms with Gasteiger partial charge in [-0.25, -0.2) is 0 Å². The predicted molar refractivity (Wildman–Crippen MR) is 88.0 cm³/mol. The number of hydrogen-bond acceptors (Lipinski definition) is 4. The standard InChI is InChI=1S/C16H20N2O2S/c1-11(2)17-16-18(12(3)4)15(19)14(21-16)9-5-7-13-8-6-10-20-13/h5-12H,1-4H3/b7-5+,14-9+,17-16?. The molecule has 0 spiro atoms. The van der Waals surface area contributed by atoms with Gasteiger partial charge in [-0.05, 0) is 63.7 Å². The van der Waals surface area contributed by atoms with E-state index in [4.69, 9.17) is 4.42 Å². The first-order valence-electron chi connectivity index (χ1n) is 7.00. The van der Waals surface area contributed by atoms with Crippen LogP contribution in [0.15, 0.2) is 44.9 Å². The van der Waals surface area contributed by atoms with E-state index < -0.39 is 0 Å². The molecular weight excluding hydrogens is 284 g/mol. The molecular formula is C16H20N2O2S. The first-order valence-corrected chi connectivity index (χ1v) is 7.81. The number of carbonyl (C=O) groups is 1. The van der Waals surface area contributed by atoms with E-state index in [2.05, 4.69) is 4.99 Å². The van der Waals surface area contributed by atoms with E-state index in [1.165, 1.54) is 11.8 Å². The highest BCUT2D eigenvalue weighted by atomic mass is 32.2. The van der Waals surface area contributed by atoms with E-state index in [1.807, 2.05) is 58.1 Å². The van der Waals surface area contributed by atoms with Crippen LogP contribution in [-0.4, -0.2) is 28.1 Å². The summed E-state index contributed by atoms with van der Waals surface area (Å²) in [6, 6.07) is 3.96. The monoisotopic (exact) mass is 304 g/mol. The van der Waals surface area contributed by atoms with Gasteiger partial charge in [0.15, 0.2) is 5.17 Å². The molecule has 21 heavy (non-hydrogen) atoms. The topological polar surface area (TPSA) is 45.8 Å². The van der Waals surface area contributed by atoms with Crippen LogP contribution in [-0.2, 0) is 4.79 Å². The lowest BCUT2D eigenvalue weighted by molar-refractivity contribution is -0.123. The number of carbonyl (C=O) groups excluding carboxylic acids is 1. The van der Waals surface area contributed by atoms with Crippen LogP contribution in [0.25, 0.3) is 6.08 Å². The number of hydrogen-bond donors (Lipinski definition) is 0. The summed E-state index contributed by atoms with van der Waals surface area (Å²) in [5, 5.41) is 0.780. The van der Waals surface area contributed by atoms with Crippen molar-refractivity contribution >= 4 is 28.9 Å². The maximum absolute atomic E-state index is 12.4. The van der Waals surface area contributed by atoms with Crippen molar-refractivity contribution in [2.24, 2.45) is 4.99 Å². The molecule has 1 aromatic rings. The normalized spacial score (nSPS) is 20.1. The SMILES string of the molecule is CC(C)N=C1S/C(=C/C=C/c2ccco2)C(=O)N1C(C)C. The molecule has 1 aromatic heterocycles. The summed E-state index contributed by atoms with van der Waals surface area (Å²) in [7, 11) is 0. The summed E-state index contributed by atoms with van der Waals surface area (Å²) in [6.07, 6.45) is 7.10. The van der Waals surface area contributed by atoms with Gasteiger partial charge in [0.1, 0.15) is 5.76 Å². The first kappa shape index (κ1) is 15.6. The lowest BCUT2D eigenvalue weighted by Crippen LogP contribution is -2.35. The number of thioether (sulfide) groups is 1. The first-order chi connectivity index (χ1) is 9.99. The van der Waals surface area contributed by atoms with Crippen LogP contribution in [0.1, 0.15) is 33.5 Å². The highest BCUT2D eigenvalue weighted by molar-refractivity contribution is 8.18. The van der Waals surface area contributed by atoms with E-state index in [-0.39, 0.29) is 18.0 Å². The lowest BCUT2D eigenvalue weighted by atomic mass is 10.3. The molecule has 1 aliphatic rings. The third kappa shape index (κ3) is 3.88. The molecule has 5 heteroatoms. The van der Waals surface area contributed by atoms with E-state index in [9.17, 15) is 4.79 Å². The molecule has 1 aliphatic heterocycles. The highest BCUT2D eigenvalue weighted by Crippen LogP contribution is 2.32. The van der Waals surface area contributed by atoms with Gasteiger partial charge in [0.05, 0.1) is 11.2 Å². The molecule has 112 valence electrons. The maximum atomic E-state index is 12.4. The largest absolute Gasteiger partial charge is 0.465 e. The van der Waals surface area contributed by atoms with Crippen LogP contribution in [0.5, 0.6) is 0 Å². The zero-order valence-corrected chi connectivity index (χ0v) is 13.6. The summed E-state index contributed by atoms with van der Waals surface area (Å²) in [5.74, 6) is 0.776. The summed E-state index contributed by atoms with van der Waals surface area (Å²) >= 11 is 1.43. The fourth-order valence-corrected chi connectivity index (χ4v) is 3.07. The van der Waals surface area contributed by atoms with Crippen molar-refractivity contribution in [3.05, 3.63) is 41.2 Å². The van der Waals surface area contributed by atoms with Crippen LogP contribution in [0.2, 0.25) is 0 Å². The molecule has 4 nitrogen and oxygen atoms in total. The number of amidine groups is 1. The van der Waals surface area contributed by atoms with Crippen LogP contribution in [0.3, 0.4) is 0 Å². The molecule has 0 aliphatic carbocycles. The Hall–Kier alpha value is -1.75. The molecule has 0 N–H and O–H groups in total. The zero-order chi connectivity index (χ0) is 15.4. The Morgan fingerprint density at radius 3 is 2.67 bits per heavy atom. The molecule has 0 aromatic carbocycles. The molecule has 0 unspecified atom stereocenters. The smallest absolute Gasteiger partial charge is 0.266 e. The number of amides is 1. The zero-order valence-electron chi connectivity index (χ0n) is 12.7. The second kappa shape index (κ2) is 6.80. The fourth-order valence-electron chi connectivity index (χ4n) is 1.88. The molecule has 0 atom stereocenters. The summed E-state index contributed by atoms with van der Waals surface area (Å²) in [6.45, 7) is 8.01. The minimum atomic E-state index is 0.0125. The fraction of sp³-hybridized carbons (Fsp3) is 0.375. The van der Waals surface area contributed by atoms with Gasteiger partial charge in [-0.3, -0.25) is 14.7 Å². The second-order valence-electron chi connectivity index (χ2n) is 5.28. The van der Waals surface area contributed by atoms with Gasteiger partial charge in [-0.15, -0.1) is 0 Å². The van der Waals surface area contributed by atoms with Crippen molar-refractivity contribution in [1.82, 2.24) is 4.90 Å².